The summed E-state index contributed by atoms with van der Waals surface area (Å²) < 4.78 is 0. The number of rotatable bonds is 2. The highest BCUT2D eigenvalue weighted by Crippen LogP contribution is 2.02. The molecule has 0 saturated heterocycles. The van der Waals surface area contributed by atoms with Crippen LogP contribution in [0.25, 0.3) is 0 Å². The van der Waals surface area contributed by atoms with E-state index in [0.717, 1.165) is 0 Å². The van der Waals surface area contributed by atoms with Crippen LogP contribution in [0, 0.1) is 11.8 Å². The maximum Gasteiger partial charge on any atom is 0.185 e. The molecule has 2 N–H and O–H groups in total. The molecule has 0 aliphatic rings. The van der Waals surface area contributed by atoms with Gasteiger partial charge in [0.05, 0.1) is 0 Å². The number of thioether (sulfide) groups is 1. The minimum Gasteiger partial charge on any atom is -0.382 e. The molecule has 0 bridgehead atoms. The highest BCUT2D eigenvalue weighted by molar-refractivity contribution is 8.13. The molecule has 0 aliphatic heterocycles. The fourth-order valence-electron chi connectivity index (χ4n) is 0.808. The van der Waals surface area contributed by atoms with Gasteiger partial charge in [0.2, 0.25) is 0 Å². The van der Waals surface area contributed by atoms with E-state index >= 15 is 0 Å². The van der Waals surface area contributed by atoms with Crippen LogP contribution in [0.2, 0.25) is 0 Å². The standard InChI is InChI=1S/C10H11N3OS/c1-8(14)15-7-3-2-4-9-5-6-10(11)13-12-9/h5-6H,3,7H2,1H3,(H2,11,13). The van der Waals surface area contributed by atoms with Crippen LogP contribution in [0.5, 0.6) is 0 Å². The summed E-state index contributed by atoms with van der Waals surface area (Å²) in [6.07, 6.45) is 0.663. The minimum absolute atomic E-state index is 0.115. The molecule has 5 heteroatoms. The average molecular weight is 221 g/mol. The highest BCUT2D eigenvalue weighted by atomic mass is 32.2. The number of nitrogens with zero attached hydrogens (tertiary/aromatic N) is 2. The Morgan fingerprint density at radius 2 is 2.33 bits per heavy atom. The predicted molar refractivity (Wildman–Crippen MR) is 61.1 cm³/mol. The molecule has 0 aromatic carbocycles. The van der Waals surface area contributed by atoms with E-state index in [1.165, 1.54) is 11.8 Å². The second kappa shape index (κ2) is 6.04. The lowest BCUT2D eigenvalue weighted by Crippen LogP contribution is -1.93. The molecule has 1 aromatic rings. The van der Waals surface area contributed by atoms with Gasteiger partial charge in [0.15, 0.2) is 5.12 Å². The summed E-state index contributed by atoms with van der Waals surface area (Å²) in [6, 6.07) is 3.37. The quantitative estimate of drug-likeness (QED) is 0.598. The van der Waals surface area contributed by atoms with Gasteiger partial charge in [-0.25, -0.2) is 0 Å². The highest BCUT2D eigenvalue weighted by Gasteiger charge is 1.91. The van der Waals surface area contributed by atoms with Gasteiger partial charge in [0.1, 0.15) is 11.5 Å². The number of nitrogens with two attached hydrogens (primary N) is 1. The van der Waals surface area contributed by atoms with Crippen molar-refractivity contribution in [1.29, 1.82) is 0 Å². The Morgan fingerprint density at radius 3 is 2.93 bits per heavy atom. The maximum atomic E-state index is 10.6. The second-order valence-electron chi connectivity index (χ2n) is 2.74. The molecule has 1 rings (SSSR count). The smallest absolute Gasteiger partial charge is 0.185 e. The van der Waals surface area contributed by atoms with Gasteiger partial charge in [-0.1, -0.05) is 17.7 Å². The number of anilines is 1. The second-order valence-corrected chi connectivity index (χ2v) is 4.01. The molecule has 0 radical (unpaired) electrons. The molecule has 0 aliphatic carbocycles. The maximum absolute atomic E-state index is 10.6. The minimum atomic E-state index is 0.115. The average Bonchev–Trinajstić information content (AvgIpc) is 2.20. The molecule has 0 atom stereocenters. The summed E-state index contributed by atoms with van der Waals surface area (Å²) in [5.74, 6) is 6.85. The molecule has 0 amide bonds. The third kappa shape index (κ3) is 5.03. The lowest BCUT2D eigenvalue weighted by Gasteiger charge is -1.90. The van der Waals surface area contributed by atoms with Gasteiger partial charge in [-0.15, -0.1) is 10.2 Å². The number of nitrogen functional groups attached to an aromatic ring is 1. The predicted octanol–water partition coefficient (Wildman–Crippen LogP) is 1.08. The summed E-state index contributed by atoms with van der Waals surface area (Å²) in [4.78, 5) is 10.6. The number of carbonyl (C=O) groups is 1. The van der Waals surface area contributed by atoms with Crippen LogP contribution in [0.1, 0.15) is 19.0 Å². The SMILES string of the molecule is CC(=O)SCCC#Cc1ccc(N)nn1. The number of aromatic nitrogens is 2. The van der Waals surface area contributed by atoms with Gasteiger partial charge in [0.25, 0.3) is 0 Å². The Hall–Kier alpha value is -1.54. The lowest BCUT2D eigenvalue weighted by atomic mass is 10.3. The zero-order valence-electron chi connectivity index (χ0n) is 8.36. The Balaban J connectivity index is 2.38. The number of hydrogen-bond acceptors (Lipinski definition) is 5. The summed E-state index contributed by atoms with van der Waals surface area (Å²) in [5.41, 5.74) is 5.97. The summed E-state index contributed by atoms with van der Waals surface area (Å²) in [5, 5.41) is 7.58. The summed E-state index contributed by atoms with van der Waals surface area (Å²) >= 11 is 1.27. The van der Waals surface area contributed by atoms with Crippen LogP contribution >= 0.6 is 11.8 Å². The molecule has 0 saturated carbocycles. The topological polar surface area (TPSA) is 68.9 Å². The van der Waals surface area contributed by atoms with E-state index in [1.807, 2.05) is 0 Å². The van der Waals surface area contributed by atoms with E-state index in [0.29, 0.717) is 23.7 Å². The first-order valence-corrected chi connectivity index (χ1v) is 5.38. The fourth-order valence-corrected chi connectivity index (χ4v) is 1.30. The van der Waals surface area contributed by atoms with Crippen LogP contribution in [-0.2, 0) is 4.79 Å². The molecule has 0 fully saturated rings. The van der Waals surface area contributed by atoms with Crippen LogP contribution in [0.3, 0.4) is 0 Å². The Morgan fingerprint density at radius 1 is 1.53 bits per heavy atom. The van der Waals surface area contributed by atoms with Crippen molar-refractivity contribution in [2.75, 3.05) is 11.5 Å². The molecule has 1 heterocycles. The third-order valence-corrected chi connectivity index (χ3v) is 2.25. The molecule has 1 aromatic heterocycles. The third-order valence-electron chi connectivity index (χ3n) is 1.43. The van der Waals surface area contributed by atoms with Crippen molar-refractivity contribution in [1.82, 2.24) is 10.2 Å². The van der Waals surface area contributed by atoms with Crippen LogP contribution < -0.4 is 5.73 Å². The first-order valence-electron chi connectivity index (χ1n) is 4.40. The zero-order valence-corrected chi connectivity index (χ0v) is 9.17. The van der Waals surface area contributed by atoms with E-state index in [2.05, 4.69) is 22.0 Å². The van der Waals surface area contributed by atoms with Crippen molar-refractivity contribution in [3.05, 3.63) is 17.8 Å². The van der Waals surface area contributed by atoms with Crippen LogP contribution in [-0.4, -0.2) is 21.1 Å². The Bertz CT molecular complexity index is 391. The van der Waals surface area contributed by atoms with E-state index in [9.17, 15) is 4.79 Å². The molecular formula is C10H11N3OS. The van der Waals surface area contributed by atoms with Crippen molar-refractivity contribution in [3.63, 3.8) is 0 Å². The van der Waals surface area contributed by atoms with Crippen molar-refractivity contribution >= 4 is 22.7 Å². The molecule has 15 heavy (non-hydrogen) atoms. The van der Waals surface area contributed by atoms with E-state index in [4.69, 9.17) is 5.73 Å². The summed E-state index contributed by atoms with van der Waals surface area (Å²) in [6.45, 7) is 1.55. The molecular weight excluding hydrogens is 210 g/mol. The Kier molecular flexibility index (Phi) is 4.64. The van der Waals surface area contributed by atoms with Gasteiger partial charge in [-0.2, -0.15) is 0 Å². The van der Waals surface area contributed by atoms with Gasteiger partial charge in [0, 0.05) is 19.1 Å². The monoisotopic (exact) mass is 221 g/mol. The molecule has 4 nitrogen and oxygen atoms in total. The van der Waals surface area contributed by atoms with Gasteiger partial charge >= 0.3 is 0 Å². The van der Waals surface area contributed by atoms with E-state index in [-0.39, 0.29) is 5.12 Å². The first kappa shape index (κ1) is 11.5. The zero-order chi connectivity index (χ0) is 11.1. The Labute approximate surface area is 92.7 Å². The van der Waals surface area contributed by atoms with E-state index in [1.54, 1.807) is 19.1 Å². The van der Waals surface area contributed by atoms with Crippen molar-refractivity contribution in [2.45, 2.75) is 13.3 Å². The van der Waals surface area contributed by atoms with Gasteiger partial charge in [-0.05, 0) is 18.1 Å². The largest absolute Gasteiger partial charge is 0.382 e. The number of hydrogen-bond donors (Lipinski definition) is 1. The fraction of sp³-hybridized carbons (Fsp3) is 0.300. The van der Waals surface area contributed by atoms with Gasteiger partial charge in [-0.3, -0.25) is 4.79 Å². The van der Waals surface area contributed by atoms with Crippen molar-refractivity contribution < 1.29 is 4.79 Å². The molecule has 78 valence electrons. The van der Waals surface area contributed by atoms with Crippen molar-refractivity contribution in [3.8, 4) is 11.8 Å². The van der Waals surface area contributed by atoms with Crippen LogP contribution in [0.15, 0.2) is 12.1 Å². The van der Waals surface area contributed by atoms with E-state index < -0.39 is 0 Å². The van der Waals surface area contributed by atoms with Crippen LogP contribution in [0.4, 0.5) is 5.82 Å². The number of carbonyl (C=O) groups excluding carboxylic acids is 1. The first-order chi connectivity index (χ1) is 7.18. The van der Waals surface area contributed by atoms with Crippen molar-refractivity contribution in [2.24, 2.45) is 0 Å². The molecule has 0 spiro atoms. The normalized spacial score (nSPS) is 9.13. The lowest BCUT2D eigenvalue weighted by molar-refractivity contribution is -0.109. The summed E-state index contributed by atoms with van der Waals surface area (Å²) in [7, 11) is 0. The molecule has 0 unspecified atom stereocenters. The van der Waals surface area contributed by atoms with Gasteiger partial charge < -0.3 is 5.73 Å².